The second kappa shape index (κ2) is 11.3. The molecule has 0 aliphatic rings. The predicted octanol–water partition coefficient (Wildman–Crippen LogP) is -3.35. The lowest BCUT2D eigenvalue weighted by Crippen LogP contribution is -2.50. The molecule has 7 N–H and O–H groups in total. The fourth-order valence-electron chi connectivity index (χ4n) is 1.94. The number of carboxylic acid groups (broad SMARTS) is 1. The number of hydrogen-bond donors (Lipinski definition) is 7. The van der Waals surface area contributed by atoms with Crippen LogP contribution < -0.4 is 10.6 Å². The van der Waals surface area contributed by atoms with Gasteiger partial charge in [0.15, 0.2) is 0 Å². The van der Waals surface area contributed by atoms with Gasteiger partial charge in [0.2, 0.25) is 5.91 Å². The summed E-state index contributed by atoms with van der Waals surface area (Å²) in [6.07, 6.45) is -5.55. The summed E-state index contributed by atoms with van der Waals surface area (Å²) >= 11 is 0. The van der Waals surface area contributed by atoms with Crippen molar-refractivity contribution in [3.8, 4) is 0 Å². The molecule has 0 aliphatic carbocycles. The van der Waals surface area contributed by atoms with Crippen molar-refractivity contribution in [3.63, 3.8) is 0 Å². The van der Waals surface area contributed by atoms with Crippen LogP contribution in [0, 0.1) is 0 Å². The van der Waals surface area contributed by atoms with Crippen LogP contribution in [0.5, 0.6) is 0 Å². The summed E-state index contributed by atoms with van der Waals surface area (Å²) in [7, 11) is 2.66. The summed E-state index contributed by atoms with van der Waals surface area (Å²) in [5.74, 6) is -1.56. The number of carbonyl (C=O) groups excluding carboxylic acids is 1. The number of amides is 1. The minimum atomic E-state index is -1.52. The van der Waals surface area contributed by atoms with Crippen LogP contribution in [0.25, 0.3) is 0 Å². The number of aliphatic hydroxyl groups is 4. The van der Waals surface area contributed by atoms with E-state index in [0.717, 1.165) is 0 Å². The van der Waals surface area contributed by atoms with Crippen LogP contribution in [-0.2, 0) is 14.3 Å². The van der Waals surface area contributed by atoms with E-state index in [1.54, 1.807) is 0 Å². The Morgan fingerprint density at radius 3 is 2.22 bits per heavy atom. The zero-order valence-electron chi connectivity index (χ0n) is 13.2. The molecule has 0 bridgehead atoms. The van der Waals surface area contributed by atoms with E-state index in [1.807, 2.05) is 0 Å². The van der Waals surface area contributed by atoms with Crippen LogP contribution in [0.4, 0.5) is 0 Å². The maximum Gasteiger partial charge on any atom is 0.320 e. The van der Waals surface area contributed by atoms with Crippen molar-refractivity contribution in [2.75, 3.05) is 27.3 Å². The summed E-state index contributed by atoms with van der Waals surface area (Å²) in [6.45, 7) is -0.968. The third kappa shape index (κ3) is 7.68. The largest absolute Gasteiger partial charge is 0.480 e. The molecule has 0 aromatic rings. The number of ether oxygens (including phenoxy) is 1. The third-order valence-electron chi connectivity index (χ3n) is 3.38. The van der Waals surface area contributed by atoms with E-state index < -0.39 is 48.9 Å². The van der Waals surface area contributed by atoms with Gasteiger partial charge in [-0.05, 0) is 13.5 Å². The lowest BCUT2D eigenvalue weighted by Gasteiger charge is -2.28. The first-order chi connectivity index (χ1) is 10.8. The Hall–Kier alpha value is -1.30. The van der Waals surface area contributed by atoms with Crippen LogP contribution >= 0.6 is 0 Å². The molecule has 5 atom stereocenters. The number of methoxy groups -OCH3 is 1. The van der Waals surface area contributed by atoms with Gasteiger partial charge >= 0.3 is 5.97 Å². The molecule has 0 radical (unpaired) electrons. The first kappa shape index (κ1) is 21.7. The van der Waals surface area contributed by atoms with Crippen molar-refractivity contribution in [2.24, 2.45) is 0 Å². The molecule has 0 aromatic carbocycles. The molecule has 23 heavy (non-hydrogen) atoms. The number of rotatable bonds is 12. The fourth-order valence-corrected chi connectivity index (χ4v) is 1.94. The maximum atomic E-state index is 11.6. The van der Waals surface area contributed by atoms with E-state index in [9.17, 15) is 24.9 Å². The molecule has 0 rings (SSSR count). The molecule has 0 heterocycles. The van der Waals surface area contributed by atoms with E-state index in [-0.39, 0.29) is 19.4 Å². The van der Waals surface area contributed by atoms with Gasteiger partial charge in [0.1, 0.15) is 24.4 Å². The summed E-state index contributed by atoms with van der Waals surface area (Å²) in [6, 6.07) is -0.853. The molecule has 0 aliphatic heterocycles. The standard InChI is InChI=1S/C13H26N2O8/c1-14-7(13(21)22)3-4-10(19)15-5-8(17)11(20)12(23-2)9(18)6-16/h7-9,11-12,14,16-18,20H,3-6H2,1-2H3,(H,15,19)(H,21,22). The van der Waals surface area contributed by atoms with E-state index in [4.69, 9.17) is 14.9 Å². The minimum Gasteiger partial charge on any atom is -0.480 e. The van der Waals surface area contributed by atoms with Crippen molar-refractivity contribution in [1.29, 1.82) is 0 Å². The predicted molar refractivity (Wildman–Crippen MR) is 78.6 cm³/mol. The van der Waals surface area contributed by atoms with Crippen molar-refractivity contribution in [3.05, 3.63) is 0 Å². The van der Waals surface area contributed by atoms with Crippen LogP contribution in [0.2, 0.25) is 0 Å². The monoisotopic (exact) mass is 338 g/mol. The molecule has 136 valence electrons. The van der Waals surface area contributed by atoms with Crippen LogP contribution in [0.1, 0.15) is 12.8 Å². The zero-order chi connectivity index (χ0) is 18.0. The summed E-state index contributed by atoms with van der Waals surface area (Å²) in [5, 5.41) is 51.6. The Bertz CT molecular complexity index is 368. The van der Waals surface area contributed by atoms with Gasteiger partial charge < -0.3 is 40.9 Å². The molecule has 0 saturated carbocycles. The number of hydrogen-bond acceptors (Lipinski definition) is 8. The number of carboxylic acids is 1. The third-order valence-corrected chi connectivity index (χ3v) is 3.38. The van der Waals surface area contributed by atoms with E-state index in [0.29, 0.717) is 0 Å². The Morgan fingerprint density at radius 1 is 1.17 bits per heavy atom. The second-order valence-electron chi connectivity index (χ2n) is 5.03. The van der Waals surface area contributed by atoms with Gasteiger partial charge in [0, 0.05) is 20.1 Å². The second-order valence-corrected chi connectivity index (χ2v) is 5.03. The van der Waals surface area contributed by atoms with Gasteiger partial charge in [-0.3, -0.25) is 9.59 Å². The lowest BCUT2D eigenvalue weighted by atomic mass is 10.0. The molecule has 0 spiro atoms. The van der Waals surface area contributed by atoms with Gasteiger partial charge in [0.05, 0.1) is 12.7 Å². The van der Waals surface area contributed by atoms with Gasteiger partial charge in [-0.25, -0.2) is 0 Å². The number of carbonyl (C=O) groups is 2. The lowest BCUT2D eigenvalue weighted by molar-refractivity contribution is -0.139. The number of nitrogens with one attached hydrogen (secondary N) is 2. The molecule has 10 nitrogen and oxygen atoms in total. The first-order valence-electron chi connectivity index (χ1n) is 7.13. The summed E-state index contributed by atoms with van der Waals surface area (Å²) in [5.41, 5.74) is 0. The first-order valence-corrected chi connectivity index (χ1v) is 7.13. The van der Waals surface area contributed by atoms with Gasteiger partial charge in [-0.2, -0.15) is 0 Å². The molecule has 5 unspecified atom stereocenters. The highest BCUT2D eigenvalue weighted by Crippen LogP contribution is 2.08. The minimum absolute atomic E-state index is 0.0697. The fraction of sp³-hybridized carbons (Fsp3) is 0.846. The molecular formula is C13H26N2O8. The molecule has 0 fully saturated rings. The Labute approximate surface area is 134 Å². The Morgan fingerprint density at radius 2 is 1.78 bits per heavy atom. The number of aliphatic carboxylic acids is 1. The van der Waals surface area contributed by atoms with Crippen molar-refractivity contribution >= 4 is 11.9 Å². The molecule has 0 saturated heterocycles. The highest BCUT2D eigenvalue weighted by Gasteiger charge is 2.32. The van der Waals surface area contributed by atoms with Gasteiger partial charge in [-0.15, -0.1) is 0 Å². The molecular weight excluding hydrogens is 312 g/mol. The Kier molecular flexibility index (Phi) is 10.6. The quantitative estimate of drug-likeness (QED) is 0.192. The topological polar surface area (TPSA) is 169 Å². The van der Waals surface area contributed by atoms with E-state index in [1.165, 1.54) is 14.2 Å². The van der Waals surface area contributed by atoms with Crippen molar-refractivity contribution in [2.45, 2.75) is 43.3 Å². The molecule has 10 heteroatoms. The highest BCUT2D eigenvalue weighted by atomic mass is 16.5. The normalized spacial score (nSPS) is 17.8. The zero-order valence-corrected chi connectivity index (χ0v) is 13.2. The molecule has 1 amide bonds. The maximum absolute atomic E-state index is 11.6. The van der Waals surface area contributed by atoms with Gasteiger partial charge in [-0.1, -0.05) is 0 Å². The SMILES string of the molecule is CNC(CCC(=O)NCC(O)C(O)C(OC)C(O)CO)C(=O)O. The van der Waals surface area contributed by atoms with E-state index >= 15 is 0 Å². The summed E-state index contributed by atoms with van der Waals surface area (Å²) in [4.78, 5) is 22.4. The average Bonchev–Trinajstić information content (AvgIpc) is 2.52. The van der Waals surface area contributed by atoms with Gasteiger partial charge in [0.25, 0.3) is 0 Å². The average molecular weight is 338 g/mol. The Balaban J connectivity index is 4.28. The highest BCUT2D eigenvalue weighted by molar-refractivity contribution is 5.78. The van der Waals surface area contributed by atoms with E-state index in [2.05, 4.69) is 10.6 Å². The van der Waals surface area contributed by atoms with Crippen LogP contribution in [-0.4, -0.2) is 95.2 Å². The smallest absolute Gasteiger partial charge is 0.320 e. The molecule has 0 aromatic heterocycles. The number of aliphatic hydroxyl groups excluding tert-OH is 4. The number of likely N-dealkylation sites (N-methyl/N-ethyl adjacent to an activating group) is 1. The van der Waals surface area contributed by atoms with Crippen LogP contribution in [0.3, 0.4) is 0 Å². The summed E-state index contributed by atoms with van der Waals surface area (Å²) < 4.78 is 4.81. The van der Waals surface area contributed by atoms with Crippen LogP contribution in [0.15, 0.2) is 0 Å². The van der Waals surface area contributed by atoms with Crippen molar-refractivity contribution < 1.29 is 39.9 Å². The van der Waals surface area contributed by atoms with Crippen molar-refractivity contribution in [1.82, 2.24) is 10.6 Å².